The Kier molecular flexibility index (Phi) is 7.71. The van der Waals surface area contributed by atoms with Crippen LogP contribution in [0.4, 0.5) is 0 Å². The van der Waals surface area contributed by atoms with Crippen LogP contribution in [-0.4, -0.2) is 40.6 Å². The molecule has 176 valence electrons. The minimum Gasteiger partial charge on any atom is -0.461 e. The van der Waals surface area contributed by atoms with Crippen LogP contribution in [0.15, 0.2) is 36.4 Å². The van der Waals surface area contributed by atoms with Crippen molar-refractivity contribution in [3.05, 3.63) is 42.0 Å². The third kappa shape index (κ3) is 5.29. The van der Waals surface area contributed by atoms with Crippen molar-refractivity contribution in [1.82, 2.24) is 0 Å². The van der Waals surface area contributed by atoms with Gasteiger partial charge >= 0.3 is 11.9 Å². The molecule has 6 nitrogen and oxygen atoms in total. The third-order valence-electron chi connectivity index (χ3n) is 6.25. The molecule has 2 rings (SSSR count). The van der Waals surface area contributed by atoms with Crippen LogP contribution in [-0.2, 0) is 23.9 Å². The maximum absolute atomic E-state index is 13.6. The zero-order valence-electron chi connectivity index (χ0n) is 20.2. The molecule has 1 aromatic carbocycles. The normalized spacial score (nSPS) is 26.8. The molecule has 3 atom stereocenters. The Hall–Kier alpha value is -2.47. The molecule has 0 saturated heterocycles. The molecule has 1 aliphatic rings. The third-order valence-corrected chi connectivity index (χ3v) is 6.25. The van der Waals surface area contributed by atoms with E-state index in [2.05, 4.69) is 0 Å². The fraction of sp³-hybridized carbons (Fsp3) is 0.577. The first-order chi connectivity index (χ1) is 14.7. The Balaban J connectivity index is 2.46. The average Bonchev–Trinajstić information content (AvgIpc) is 2.71. The van der Waals surface area contributed by atoms with Gasteiger partial charge in [-0.1, -0.05) is 58.0 Å². The molecule has 0 spiro atoms. The van der Waals surface area contributed by atoms with Gasteiger partial charge in [-0.05, 0) is 44.2 Å². The van der Waals surface area contributed by atoms with E-state index in [1.165, 1.54) is 13.0 Å². The second-order valence-electron chi connectivity index (χ2n) is 10.3. The molecular weight excluding hydrogens is 408 g/mol. The van der Waals surface area contributed by atoms with Gasteiger partial charge in [0.05, 0.1) is 5.41 Å². The van der Waals surface area contributed by atoms with Gasteiger partial charge in [-0.15, -0.1) is 0 Å². The first-order valence-corrected chi connectivity index (χ1v) is 11.1. The van der Waals surface area contributed by atoms with Crippen molar-refractivity contribution in [3.8, 4) is 0 Å². The molecule has 1 saturated carbocycles. The van der Waals surface area contributed by atoms with Crippen molar-refractivity contribution < 1.29 is 29.0 Å². The lowest BCUT2D eigenvalue weighted by molar-refractivity contribution is -0.236. The van der Waals surface area contributed by atoms with E-state index in [1.807, 2.05) is 44.2 Å². The van der Waals surface area contributed by atoms with Crippen LogP contribution in [0.5, 0.6) is 0 Å². The number of carbonyl (C=O) groups is 3. The van der Waals surface area contributed by atoms with Gasteiger partial charge in [0, 0.05) is 18.4 Å². The molecule has 0 amide bonds. The molecule has 1 aliphatic carbocycles. The van der Waals surface area contributed by atoms with E-state index in [0.717, 1.165) is 5.56 Å². The molecule has 0 heterocycles. The Morgan fingerprint density at radius 3 is 2.19 bits per heavy atom. The number of ketones is 1. The largest absolute Gasteiger partial charge is 0.461 e. The maximum atomic E-state index is 13.6. The maximum Gasteiger partial charge on any atom is 0.331 e. The molecule has 0 aromatic heterocycles. The van der Waals surface area contributed by atoms with Gasteiger partial charge in [0.2, 0.25) is 0 Å². The molecule has 1 fully saturated rings. The van der Waals surface area contributed by atoms with Crippen molar-refractivity contribution in [3.63, 3.8) is 0 Å². The number of hydrogen-bond donors (Lipinski definition) is 1. The molecule has 0 aliphatic heterocycles. The summed E-state index contributed by atoms with van der Waals surface area (Å²) in [6, 6.07) is 9.26. The minimum atomic E-state index is -1.90. The molecule has 0 bridgehead atoms. The standard InChI is InChI=1S/C26H36O6/c1-17(2)15-16-26(30)21(29)24(4,5)22(31-18(3)27)25(6,7)23(26)32-20(28)14-13-19-11-9-8-10-12-19/h8-14,17,22-23,30H,15-16H2,1-7H3/b14-13+/t22-,23+,26+/m0/s1. The molecule has 0 radical (unpaired) electrons. The molecule has 1 aromatic rings. The highest BCUT2D eigenvalue weighted by Crippen LogP contribution is 2.52. The van der Waals surface area contributed by atoms with Gasteiger partial charge in [0.15, 0.2) is 11.4 Å². The number of hydrogen-bond acceptors (Lipinski definition) is 6. The van der Waals surface area contributed by atoms with Gasteiger partial charge in [-0.2, -0.15) is 0 Å². The number of esters is 2. The van der Waals surface area contributed by atoms with E-state index in [-0.39, 0.29) is 12.3 Å². The summed E-state index contributed by atoms with van der Waals surface area (Å²) in [6.45, 7) is 12.1. The molecule has 1 N–H and O–H groups in total. The van der Waals surface area contributed by atoms with Gasteiger partial charge in [-0.3, -0.25) is 9.59 Å². The fourth-order valence-electron chi connectivity index (χ4n) is 4.83. The van der Waals surface area contributed by atoms with Gasteiger partial charge < -0.3 is 14.6 Å². The highest BCUT2D eigenvalue weighted by molar-refractivity contribution is 5.95. The van der Waals surface area contributed by atoms with Crippen molar-refractivity contribution in [2.24, 2.45) is 16.7 Å². The summed E-state index contributed by atoms with van der Waals surface area (Å²) in [6.07, 6.45) is 1.53. The summed E-state index contributed by atoms with van der Waals surface area (Å²) >= 11 is 0. The number of Topliss-reactive ketones (excluding diaryl/α,β-unsaturated/α-hetero) is 1. The predicted octanol–water partition coefficient (Wildman–Crippen LogP) is 4.35. The van der Waals surface area contributed by atoms with E-state index in [4.69, 9.17) is 9.47 Å². The van der Waals surface area contributed by atoms with E-state index < -0.39 is 46.4 Å². The first-order valence-electron chi connectivity index (χ1n) is 11.1. The Morgan fingerprint density at radius 1 is 1.06 bits per heavy atom. The fourth-order valence-corrected chi connectivity index (χ4v) is 4.83. The Morgan fingerprint density at radius 2 is 1.66 bits per heavy atom. The molecular formula is C26H36O6. The molecule has 6 heteroatoms. The number of benzene rings is 1. The van der Waals surface area contributed by atoms with Gasteiger partial charge in [-0.25, -0.2) is 4.79 Å². The van der Waals surface area contributed by atoms with E-state index in [9.17, 15) is 19.5 Å². The number of ether oxygens (including phenoxy) is 2. The topological polar surface area (TPSA) is 89.9 Å². The van der Waals surface area contributed by atoms with Crippen LogP contribution >= 0.6 is 0 Å². The lowest BCUT2D eigenvalue weighted by atomic mass is 9.54. The van der Waals surface area contributed by atoms with Crippen LogP contribution in [0.1, 0.15) is 66.9 Å². The van der Waals surface area contributed by atoms with Crippen LogP contribution in [0.3, 0.4) is 0 Å². The molecule has 32 heavy (non-hydrogen) atoms. The average molecular weight is 445 g/mol. The summed E-state index contributed by atoms with van der Waals surface area (Å²) in [5.74, 6) is -1.46. The predicted molar refractivity (Wildman–Crippen MR) is 123 cm³/mol. The molecule has 0 unspecified atom stereocenters. The van der Waals surface area contributed by atoms with Crippen molar-refractivity contribution in [1.29, 1.82) is 0 Å². The van der Waals surface area contributed by atoms with Crippen molar-refractivity contribution >= 4 is 23.8 Å². The monoisotopic (exact) mass is 444 g/mol. The quantitative estimate of drug-likeness (QED) is 0.497. The summed E-state index contributed by atoms with van der Waals surface area (Å²) in [7, 11) is 0. The number of carbonyl (C=O) groups excluding carboxylic acids is 3. The zero-order chi connectivity index (χ0) is 24.3. The highest BCUT2D eigenvalue weighted by Gasteiger charge is 2.68. The Labute approximate surface area is 191 Å². The van der Waals surface area contributed by atoms with E-state index >= 15 is 0 Å². The van der Waals surface area contributed by atoms with Gasteiger partial charge in [0.25, 0.3) is 0 Å². The SMILES string of the molecule is CC(=O)O[C@H]1C(C)(C)C(=O)[C@](O)(CCC(C)C)[C@H](OC(=O)/C=C/c2ccccc2)C1(C)C. The second kappa shape index (κ2) is 9.57. The van der Waals surface area contributed by atoms with Crippen molar-refractivity contribution in [2.45, 2.75) is 79.1 Å². The Bertz CT molecular complexity index is 868. The first kappa shape index (κ1) is 25.8. The van der Waals surface area contributed by atoms with Crippen LogP contribution in [0.25, 0.3) is 6.08 Å². The minimum absolute atomic E-state index is 0.142. The van der Waals surface area contributed by atoms with E-state index in [1.54, 1.807) is 33.8 Å². The summed E-state index contributed by atoms with van der Waals surface area (Å²) in [4.78, 5) is 38.2. The summed E-state index contributed by atoms with van der Waals surface area (Å²) < 4.78 is 11.3. The van der Waals surface area contributed by atoms with Crippen molar-refractivity contribution in [2.75, 3.05) is 0 Å². The summed E-state index contributed by atoms with van der Waals surface area (Å²) in [5, 5.41) is 11.7. The van der Waals surface area contributed by atoms with Gasteiger partial charge in [0.1, 0.15) is 12.2 Å². The second-order valence-corrected chi connectivity index (χ2v) is 10.3. The van der Waals surface area contributed by atoms with Crippen LogP contribution < -0.4 is 0 Å². The lowest BCUT2D eigenvalue weighted by Gasteiger charge is -2.56. The van der Waals surface area contributed by atoms with Crippen LogP contribution in [0.2, 0.25) is 0 Å². The van der Waals surface area contributed by atoms with Crippen LogP contribution in [0, 0.1) is 16.7 Å². The number of rotatable bonds is 7. The number of aliphatic hydroxyl groups is 1. The van der Waals surface area contributed by atoms with E-state index in [0.29, 0.717) is 6.42 Å². The lowest BCUT2D eigenvalue weighted by Crippen LogP contribution is -2.72. The zero-order valence-corrected chi connectivity index (χ0v) is 20.2. The summed E-state index contributed by atoms with van der Waals surface area (Å²) in [5.41, 5.74) is -3.27. The highest BCUT2D eigenvalue weighted by atomic mass is 16.6. The smallest absolute Gasteiger partial charge is 0.331 e.